The number of likely N-dealkylation sites (tertiary alicyclic amines) is 1. The predicted octanol–water partition coefficient (Wildman–Crippen LogP) is 3.37. The van der Waals surface area contributed by atoms with Crippen molar-refractivity contribution < 1.29 is 4.74 Å². The summed E-state index contributed by atoms with van der Waals surface area (Å²) in [5.41, 5.74) is 5.90. The molecule has 2 atom stereocenters. The van der Waals surface area contributed by atoms with Gasteiger partial charge in [-0.05, 0) is 42.2 Å². The highest BCUT2D eigenvalue weighted by atomic mass is 16.5. The average Bonchev–Trinajstić information content (AvgIpc) is 3.04. The first-order chi connectivity index (χ1) is 13.2. The van der Waals surface area contributed by atoms with Gasteiger partial charge in [0.15, 0.2) is 0 Å². The average molecular weight is 364 g/mol. The van der Waals surface area contributed by atoms with Gasteiger partial charge in [-0.2, -0.15) is 0 Å². The van der Waals surface area contributed by atoms with Gasteiger partial charge in [0.1, 0.15) is 5.75 Å². The summed E-state index contributed by atoms with van der Waals surface area (Å²) in [6.07, 6.45) is 2.37. The van der Waals surface area contributed by atoms with Gasteiger partial charge in [0.2, 0.25) is 0 Å². The lowest BCUT2D eigenvalue weighted by Gasteiger charge is -2.41. The number of benzene rings is 2. The Morgan fingerprint density at radius 2 is 1.96 bits per heavy atom. The number of methoxy groups -OCH3 is 1. The van der Waals surface area contributed by atoms with Crippen LogP contribution >= 0.6 is 0 Å². The SMILES string of the molecule is COc1cccc(CCN2CC[C@H]3[C@@H](C2)c2cccc4c2N3CCN4C)c1. The molecule has 0 amide bonds. The van der Waals surface area contributed by atoms with Crippen molar-refractivity contribution in [1.82, 2.24) is 4.90 Å². The Labute approximate surface area is 162 Å². The first-order valence-corrected chi connectivity index (χ1v) is 10.2. The fourth-order valence-corrected chi connectivity index (χ4v) is 5.29. The van der Waals surface area contributed by atoms with Crippen LogP contribution in [0.1, 0.15) is 23.5 Å². The van der Waals surface area contributed by atoms with Crippen LogP contribution in [-0.2, 0) is 6.42 Å². The molecular weight excluding hydrogens is 334 g/mol. The smallest absolute Gasteiger partial charge is 0.119 e. The van der Waals surface area contributed by atoms with Crippen molar-refractivity contribution in [1.29, 1.82) is 0 Å². The minimum absolute atomic E-state index is 0.658. The second-order valence-electron chi connectivity index (χ2n) is 8.19. The summed E-state index contributed by atoms with van der Waals surface area (Å²) in [6.45, 7) is 5.84. The van der Waals surface area contributed by atoms with Gasteiger partial charge in [0.05, 0.1) is 18.5 Å². The largest absolute Gasteiger partial charge is 0.497 e. The van der Waals surface area contributed by atoms with E-state index in [1.54, 1.807) is 12.7 Å². The van der Waals surface area contributed by atoms with Crippen molar-refractivity contribution in [3.05, 3.63) is 53.6 Å². The number of hydrogen-bond acceptors (Lipinski definition) is 4. The molecule has 3 aliphatic heterocycles. The van der Waals surface area contributed by atoms with Crippen LogP contribution in [0.2, 0.25) is 0 Å². The number of anilines is 2. The first-order valence-electron chi connectivity index (χ1n) is 10.2. The number of para-hydroxylation sites is 1. The van der Waals surface area contributed by atoms with Crippen LogP contribution in [-0.4, -0.2) is 57.8 Å². The zero-order chi connectivity index (χ0) is 18.4. The van der Waals surface area contributed by atoms with Crippen LogP contribution in [0.5, 0.6) is 5.75 Å². The second-order valence-corrected chi connectivity index (χ2v) is 8.19. The number of ether oxygens (including phenoxy) is 1. The quantitative estimate of drug-likeness (QED) is 0.829. The number of hydrogen-bond donors (Lipinski definition) is 0. The minimum Gasteiger partial charge on any atom is -0.497 e. The number of piperidine rings is 1. The molecule has 0 radical (unpaired) electrons. The molecule has 2 aromatic carbocycles. The molecule has 142 valence electrons. The highest BCUT2D eigenvalue weighted by molar-refractivity contribution is 5.80. The summed E-state index contributed by atoms with van der Waals surface area (Å²) < 4.78 is 5.37. The maximum Gasteiger partial charge on any atom is 0.119 e. The molecule has 3 aliphatic rings. The molecule has 27 heavy (non-hydrogen) atoms. The van der Waals surface area contributed by atoms with E-state index in [9.17, 15) is 0 Å². The Hall–Kier alpha value is -2.20. The van der Waals surface area contributed by atoms with Gasteiger partial charge in [-0.3, -0.25) is 0 Å². The van der Waals surface area contributed by atoms with Crippen LogP contribution in [0.4, 0.5) is 11.4 Å². The van der Waals surface area contributed by atoms with Crippen molar-refractivity contribution >= 4 is 11.4 Å². The van der Waals surface area contributed by atoms with Crippen LogP contribution in [0.3, 0.4) is 0 Å². The monoisotopic (exact) mass is 363 g/mol. The van der Waals surface area contributed by atoms with Crippen molar-refractivity contribution in [3.63, 3.8) is 0 Å². The highest BCUT2D eigenvalue weighted by Crippen LogP contribution is 2.50. The molecule has 4 nitrogen and oxygen atoms in total. The van der Waals surface area contributed by atoms with Crippen LogP contribution in [0.15, 0.2) is 42.5 Å². The summed E-state index contributed by atoms with van der Waals surface area (Å²) in [7, 11) is 3.97. The molecule has 0 spiro atoms. The van der Waals surface area contributed by atoms with E-state index in [0.717, 1.165) is 25.3 Å². The molecule has 1 saturated heterocycles. The Kier molecular flexibility index (Phi) is 4.24. The molecule has 3 heterocycles. The van der Waals surface area contributed by atoms with Gasteiger partial charge in [0.25, 0.3) is 0 Å². The Bertz CT molecular complexity index is 836. The topological polar surface area (TPSA) is 19.0 Å². The summed E-state index contributed by atoms with van der Waals surface area (Å²) in [5.74, 6) is 1.62. The minimum atomic E-state index is 0.658. The third kappa shape index (κ3) is 2.87. The molecule has 0 aliphatic carbocycles. The molecule has 4 heteroatoms. The van der Waals surface area contributed by atoms with Crippen LogP contribution in [0.25, 0.3) is 0 Å². The standard InChI is InChI=1S/C23H29N3O/c1-24-13-14-26-21-10-12-25(11-9-17-5-3-6-18(15-17)27-2)16-20(21)19-7-4-8-22(24)23(19)26/h3-8,15,20-21H,9-14,16H2,1-2H3/t20-,21-/m0/s1. The first kappa shape index (κ1) is 16.9. The number of rotatable bonds is 4. The summed E-state index contributed by atoms with van der Waals surface area (Å²) in [6, 6.07) is 16.1. The third-order valence-electron chi connectivity index (χ3n) is 6.73. The summed E-state index contributed by atoms with van der Waals surface area (Å²) in [4.78, 5) is 7.81. The molecule has 0 bridgehead atoms. The predicted molar refractivity (Wildman–Crippen MR) is 111 cm³/mol. The molecule has 2 aromatic rings. The van der Waals surface area contributed by atoms with E-state index in [1.165, 1.54) is 43.0 Å². The van der Waals surface area contributed by atoms with Gasteiger partial charge < -0.3 is 19.4 Å². The maximum absolute atomic E-state index is 5.37. The normalized spacial score (nSPS) is 23.9. The van der Waals surface area contributed by atoms with Gasteiger partial charge in [0, 0.05) is 51.7 Å². The van der Waals surface area contributed by atoms with Crippen molar-refractivity contribution in [2.24, 2.45) is 0 Å². The van der Waals surface area contributed by atoms with Crippen LogP contribution < -0.4 is 14.5 Å². The Morgan fingerprint density at radius 3 is 2.85 bits per heavy atom. The second kappa shape index (κ2) is 6.75. The molecule has 5 rings (SSSR count). The van der Waals surface area contributed by atoms with Crippen LogP contribution in [0, 0.1) is 0 Å². The molecule has 0 N–H and O–H groups in total. The lowest BCUT2D eigenvalue weighted by molar-refractivity contribution is 0.195. The fourth-order valence-electron chi connectivity index (χ4n) is 5.29. The molecule has 0 saturated carbocycles. The molecule has 0 aromatic heterocycles. The highest BCUT2D eigenvalue weighted by Gasteiger charge is 2.44. The fraction of sp³-hybridized carbons (Fsp3) is 0.478. The maximum atomic E-state index is 5.37. The molecular formula is C23H29N3O. The summed E-state index contributed by atoms with van der Waals surface area (Å²) in [5, 5.41) is 0. The van der Waals surface area contributed by atoms with Gasteiger partial charge in [-0.1, -0.05) is 24.3 Å². The van der Waals surface area contributed by atoms with Gasteiger partial charge in [-0.25, -0.2) is 0 Å². The molecule has 0 unspecified atom stereocenters. The van der Waals surface area contributed by atoms with E-state index in [-0.39, 0.29) is 0 Å². The third-order valence-corrected chi connectivity index (χ3v) is 6.73. The van der Waals surface area contributed by atoms with E-state index in [1.807, 2.05) is 6.07 Å². The Morgan fingerprint density at radius 1 is 1.07 bits per heavy atom. The van der Waals surface area contributed by atoms with Gasteiger partial charge >= 0.3 is 0 Å². The van der Waals surface area contributed by atoms with Crippen molar-refractivity contribution in [2.75, 3.05) is 56.7 Å². The lowest BCUT2D eigenvalue weighted by atomic mass is 9.89. The zero-order valence-corrected chi connectivity index (χ0v) is 16.4. The van der Waals surface area contributed by atoms with Crippen molar-refractivity contribution in [3.8, 4) is 5.75 Å². The van der Waals surface area contributed by atoms with Crippen molar-refractivity contribution in [2.45, 2.75) is 24.8 Å². The number of likely N-dealkylation sites (N-methyl/N-ethyl adjacent to an activating group) is 1. The lowest BCUT2D eigenvalue weighted by Crippen LogP contribution is -2.49. The van der Waals surface area contributed by atoms with E-state index >= 15 is 0 Å². The van der Waals surface area contributed by atoms with E-state index in [4.69, 9.17) is 4.74 Å². The van der Waals surface area contributed by atoms with E-state index in [2.05, 4.69) is 58.1 Å². The number of fused-ring (bicyclic) bond motifs is 3. The van der Waals surface area contributed by atoms with E-state index < -0.39 is 0 Å². The summed E-state index contributed by atoms with van der Waals surface area (Å²) >= 11 is 0. The Balaban J connectivity index is 1.32. The van der Waals surface area contributed by atoms with E-state index in [0.29, 0.717) is 12.0 Å². The van der Waals surface area contributed by atoms with Gasteiger partial charge in [-0.15, -0.1) is 0 Å². The molecule has 1 fully saturated rings. The number of nitrogens with zero attached hydrogens (tertiary/aromatic N) is 3. The zero-order valence-electron chi connectivity index (χ0n) is 16.4.